The molecule has 8 heteroatoms. The number of carbonyl (C=O) groups excluding carboxylic acids is 1. The second-order valence-electron chi connectivity index (χ2n) is 6.86. The van der Waals surface area contributed by atoms with Gasteiger partial charge in [0, 0.05) is 32.6 Å². The van der Waals surface area contributed by atoms with Gasteiger partial charge in [-0.15, -0.1) is 0 Å². The summed E-state index contributed by atoms with van der Waals surface area (Å²) < 4.78 is 37.8. The Morgan fingerprint density at radius 3 is 2.57 bits per heavy atom. The van der Waals surface area contributed by atoms with Gasteiger partial charge >= 0.3 is 6.18 Å². The van der Waals surface area contributed by atoms with Gasteiger partial charge in [0.25, 0.3) is 0 Å². The molecular weight excluding hydrogens is 369 g/mol. The highest BCUT2D eigenvalue weighted by Gasteiger charge is 2.29. The van der Waals surface area contributed by atoms with E-state index in [9.17, 15) is 18.0 Å². The summed E-state index contributed by atoms with van der Waals surface area (Å²) in [5.74, 6) is 0.852. The number of alkyl halides is 3. The highest BCUT2D eigenvalue weighted by molar-refractivity contribution is 5.79. The van der Waals surface area contributed by atoms with Crippen LogP contribution in [0.2, 0.25) is 0 Å². The lowest BCUT2D eigenvalue weighted by molar-refractivity contribution is -0.137. The van der Waals surface area contributed by atoms with Gasteiger partial charge < -0.3 is 15.5 Å². The first kappa shape index (κ1) is 22.0. The third kappa shape index (κ3) is 7.40. The Hall–Kier alpha value is -2.25. The van der Waals surface area contributed by atoms with E-state index in [4.69, 9.17) is 0 Å². The number of benzene rings is 1. The van der Waals surface area contributed by atoms with E-state index in [1.165, 1.54) is 12.1 Å². The first-order valence-corrected chi connectivity index (χ1v) is 9.86. The molecule has 2 rings (SSSR count). The van der Waals surface area contributed by atoms with E-state index in [1.54, 1.807) is 0 Å². The van der Waals surface area contributed by atoms with Crippen molar-refractivity contribution in [1.29, 1.82) is 0 Å². The summed E-state index contributed by atoms with van der Waals surface area (Å²) in [4.78, 5) is 18.3. The highest BCUT2D eigenvalue weighted by atomic mass is 19.4. The number of likely N-dealkylation sites (tertiary alicyclic amines) is 1. The van der Waals surface area contributed by atoms with E-state index in [0.717, 1.165) is 50.9 Å². The normalized spacial score (nSPS) is 16.1. The van der Waals surface area contributed by atoms with Crippen LogP contribution in [0.25, 0.3) is 0 Å². The number of amides is 1. The second-order valence-corrected chi connectivity index (χ2v) is 6.86. The maximum absolute atomic E-state index is 12.6. The largest absolute Gasteiger partial charge is 0.416 e. The van der Waals surface area contributed by atoms with Crippen LogP contribution in [0.3, 0.4) is 0 Å². The molecule has 0 aliphatic carbocycles. The van der Waals surface area contributed by atoms with Crippen LogP contribution in [-0.4, -0.2) is 42.9 Å². The number of aliphatic imine (C=N–C) groups is 1. The summed E-state index contributed by atoms with van der Waals surface area (Å²) >= 11 is 0. The number of rotatable bonds is 7. The number of hydrogen-bond acceptors (Lipinski definition) is 2. The second kappa shape index (κ2) is 10.9. The Bertz CT molecular complexity index is 644. The molecule has 28 heavy (non-hydrogen) atoms. The van der Waals surface area contributed by atoms with Crippen molar-refractivity contribution in [3.8, 4) is 0 Å². The van der Waals surface area contributed by atoms with Gasteiger partial charge in [0.05, 0.1) is 12.1 Å². The summed E-state index contributed by atoms with van der Waals surface area (Å²) in [5.41, 5.74) is 0.0497. The van der Waals surface area contributed by atoms with E-state index in [-0.39, 0.29) is 12.5 Å². The minimum absolute atomic E-state index is 0.236. The Balaban J connectivity index is 1.80. The van der Waals surface area contributed by atoms with Crippen LogP contribution in [0.15, 0.2) is 29.3 Å². The van der Waals surface area contributed by atoms with E-state index in [2.05, 4.69) is 15.6 Å². The first-order chi connectivity index (χ1) is 13.4. The average molecular weight is 398 g/mol. The van der Waals surface area contributed by atoms with Gasteiger partial charge in [-0.3, -0.25) is 4.79 Å². The smallest absolute Gasteiger partial charge is 0.357 e. The molecule has 0 unspecified atom stereocenters. The van der Waals surface area contributed by atoms with E-state index >= 15 is 0 Å². The summed E-state index contributed by atoms with van der Waals surface area (Å²) in [6, 6.07) is 5.04. The molecule has 1 aromatic carbocycles. The molecule has 1 aliphatic heterocycles. The van der Waals surface area contributed by atoms with Crippen molar-refractivity contribution < 1.29 is 18.0 Å². The van der Waals surface area contributed by atoms with Crippen molar-refractivity contribution in [2.75, 3.05) is 26.2 Å². The van der Waals surface area contributed by atoms with Crippen molar-refractivity contribution in [2.45, 2.75) is 51.7 Å². The Labute approximate surface area is 164 Å². The number of guanidine groups is 1. The fourth-order valence-corrected chi connectivity index (χ4v) is 3.06. The molecule has 1 aromatic rings. The molecule has 0 aromatic heterocycles. The van der Waals surface area contributed by atoms with Crippen molar-refractivity contribution in [2.24, 2.45) is 4.99 Å². The minimum atomic E-state index is -4.33. The monoisotopic (exact) mass is 398 g/mol. The van der Waals surface area contributed by atoms with Crippen LogP contribution >= 0.6 is 0 Å². The lowest BCUT2D eigenvalue weighted by Crippen LogP contribution is -2.39. The molecule has 2 N–H and O–H groups in total. The van der Waals surface area contributed by atoms with Crippen LogP contribution in [0.5, 0.6) is 0 Å². The topological polar surface area (TPSA) is 56.7 Å². The zero-order valence-corrected chi connectivity index (χ0v) is 16.3. The number of nitrogens with one attached hydrogen (secondary N) is 2. The van der Waals surface area contributed by atoms with E-state index in [0.29, 0.717) is 31.0 Å². The summed E-state index contributed by atoms with van der Waals surface area (Å²) in [6.07, 6.45) is 0.293. The molecule has 5 nitrogen and oxygen atoms in total. The number of halogens is 3. The predicted octanol–water partition coefficient (Wildman–Crippen LogP) is 3.55. The van der Waals surface area contributed by atoms with Crippen LogP contribution in [0.1, 0.15) is 50.2 Å². The van der Waals surface area contributed by atoms with Gasteiger partial charge in [0.1, 0.15) is 0 Å². The van der Waals surface area contributed by atoms with Crippen molar-refractivity contribution >= 4 is 11.9 Å². The summed E-state index contributed by atoms with van der Waals surface area (Å²) in [6.45, 7) is 5.15. The number of carbonyl (C=O) groups is 1. The van der Waals surface area contributed by atoms with Gasteiger partial charge in [-0.25, -0.2) is 4.99 Å². The van der Waals surface area contributed by atoms with Gasteiger partial charge in [0.15, 0.2) is 5.96 Å². The van der Waals surface area contributed by atoms with Crippen LogP contribution in [0, 0.1) is 0 Å². The fourth-order valence-electron chi connectivity index (χ4n) is 3.06. The quantitative estimate of drug-likeness (QED) is 0.420. The first-order valence-electron chi connectivity index (χ1n) is 9.86. The lowest BCUT2D eigenvalue weighted by atomic mass is 10.1. The molecule has 1 fully saturated rings. The minimum Gasteiger partial charge on any atom is -0.357 e. The van der Waals surface area contributed by atoms with Gasteiger partial charge in [-0.05, 0) is 43.9 Å². The van der Waals surface area contributed by atoms with Crippen LogP contribution < -0.4 is 10.6 Å². The Kier molecular flexibility index (Phi) is 8.60. The number of hydrogen-bond donors (Lipinski definition) is 2. The third-order valence-corrected chi connectivity index (χ3v) is 4.61. The molecule has 0 saturated carbocycles. The lowest BCUT2D eigenvalue weighted by Gasteiger charge is -2.20. The van der Waals surface area contributed by atoms with Crippen molar-refractivity contribution in [1.82, 2.24) is 15.5 Å². The van der Waals surface area contributed by atoms with Gasteiger partial charge in [-0.2, -0.15) is 13.2 Å². The van der Waals surface area contributed by atoms with E-state index in [1.807, 2.05) is 11.8 Å². The molecule has 1 aliphatic rings. The maximum atomic E-state index is 12.6. The van der Waals surface area contributed by atoms with Gasteiger partial charge in [-0.1, -0.05) is 18.6 Å². The molecule has 1 heterocycles. The standard InChI is InChI=1S/C20H29F3N4O/c1-2-24-19(25-12-6-14-27-13-5-3-4-7-18(27)28)26-15-16-8-10-17(11-9-16)20(21,22)23/h8-11H,2-7,12-15H2,1H3,(H2,24,25,26). The Morgan fingerprint density at radius 2 is 1.89 bits per heavy atom. The molecule has 0 atom stereocenters. The highest BCUT2D eigenvalue weighted by Crippen LogP contribution is 2.29. The molecule has 0 bridgehead atoms. The zero-order valence-electron chi connectivity index (χ0n) is 16.3. The van der Waals surface area contributed by atoms with Crippen molar-refractivity contribution in [3.05, 3.63) is 35.4 Å². The molecular formula is C20H29F3N4O. The van der Waals surface area contributed by atoms with Crippen molar-refractivity contribution in [3.63, 3.8) is 0 Å². The molecule has 0 spiro atoms. The summed E-state index contributed by atoms with van der Waals surface area (Å²) in [5, 5.41) is 6.34. The third-order valence-electron chi connectivity index (χ3n) is 4.61. The zero-order chi connectivity index (χ0) is 20.4. The number of nitrogens with zero attached hydrogens (tertiary/aromatic N) is 2. The van der Waals surface area contributed by atoms with Crippen LogP contribution in [0.4, 0.5) is 13.2 Å². The molecule has 156 valence electrons. The van der Waals surface area contributed by atoms with E-state index < -0.39 is 11.7 Å². The maximum Gasteiger partial charge on any atom is 0.416 e. The van der Waals surface area contributed by atoms with Gasteiger partial charge in [0.2, 0.25) is 5.91 Å². The van der Waals surface area contributed by atoms with Crippen LogP contribution in [-0.2, 0) is 17.5 Å². The average Bonchev–Trinajstić information content (AvgIpc) is 2.87. The molecule has 0 radical (unpaired) electrons. The SMILES string of the molecule is CCNC(=NCc1ccc(C(F)(F)F)cc1)NCCCN1CCCCCC1=O. The fraction of sp³-hybridized carbons (Fsp3) is 0.600. The predicted molar refractivity (Wildman–Crippen MR) is 104 cm³/mol. The molecule has 1 amide bonds. The Morgan fingerprint density at radius 1 is 1.14 bits per heavy atom. The summed E-state index contributed by atoms with van der Waals surface area (Å²) in [7, 11) is 0. The molecule has 1 saturated heterocycles.